The second-order valence-corrected chi connectivity index (χ2v) is 8.51. The highest BCUT2D eigenvalue weighted by molar-refractivity contribution is 9.10. The fraction of sp³-hybridized carbons (Fsp3) is 0.750. The summed E-state index contributed by atoms with van der Waals surface area (Å²) in [6.07, 6.45) is 2.43. The minimum Gasteiger partial charge on any atom is -0.381 e. The van der Waals surface area contributed by atoms with Gasteiger partial charge in [0.05, 0.1) is 6.61 Å². The molecule has 0 spiro atoms. The standard InChI is InChI=1S/C16H27BrN2OS/c1-13(2)18-10-16(5-4-6-20-12-16)11-19(3)8-15-7-14(17)9-21-15/h7,9,13,18H,4-6,8,10-12H2,1-3H3. The number of hydrogen-bond donors (Lipinski definition) is 1. The minimum absolute atomic E-state index is 0.256. The van der Waals surface area contributed by atoms with Crippen molar-refractivity contribution < 1.29 is 4.74 Å². The minimum atomic E-state index is 0.256. The molecule has 1 fully saturated rings. The molecule has 3 nitrogen and oxygen atoms in total. The fourth-order valence-corrected chi connectivity index (χ4v) is 4.51. The van der Waals surface area contributed by atoms with Gasteiger partial charge in [0.2, 0.25) is 0 Å². The Morgan fingerprint density at radius 3 is 2.90 bits per heavy atom. The summed E-state index contributed by atoms with van der Waals surface area (Å²) in [5.41, 5.74) is 0.256. The summed E-state index contributed by atoms with van der Waals surface area (Å²) in [5.74, 6) is 0. The monoisotopic (exact) mass is 374 g/mol. The van der Waals surface area contributed by atoms with Gasteiger partial charge >= 0.3 is 0 Å². The molecule has 1 unspecified atom stereocenters. The average Bonchev–Trinajstić information content (AvgIpc) is 2.83. The molecular formula is C16H27BrN2OS. The van der Waals surface area contributed by atoms with E-state index in [4.69, 9.17) is 4.74 Å². The highest BCUT2D eigenvalue weighted by atomic mass is 79.9. The van der Waals surface area contributed by atoms with Crippen molar-refractivity contribution in [1.82, 2.24) is 10.2 Å². The molecule has 5 heteroatoms. The van der Waals surface area contributed by atoms with E-state index in [1.807, 2.05) is 11.3 Å². The third kappa shape index (κ3) is 5.64. The van der Waals surface area contributed by atoms with E-state index >= 15 is 0 Å². The molecule has 2 heterocycles. The summed E-state index contributed by atoms with van der Waals surface area (Å²) in [4.78, 5) is 3.85. The van der Waals surface area contributed by atoms with Crippen LogP contribution in [0.3, 0.4) is 0 Å². The van der Waals surface area contributed by atoms with Gasteiger partial charge in [-0.15, -0.1) is 11.3 Å². The van der Waals surface area contributed by atoms with Crippen molar-refractivity contribution in [3.05, 3.63) is 20.8 Å². The largest absolute Gasteiger partial charge is 0.381 e. The average molecular weight is 375 g/mol. The molecule has 21 heavy (non-hydrogen) atoms. The summed E-state index contributed by atoms with van der Waals surface area (Å²) in [6.45, 7) is 9.37. The Morgan fingerprint density at radius 2 is 2.33 bits per heavy atom. The molecular weight excluding hydrogens is 348 g/mol. The van der Waals surface area contributed by atoms with E-state index in [0.717, 1.165) is 32.8 Å². The number of nitrogens with one attached hydrogen (secondary N) is 1. The van der Waals surface area contributed by atoms with Crippen molar-refractivity contribution in [2.75, 3.05) is 33.4 Å². The maximum Gasteiger partial charge on any atom is 0.0546 e. The van der Waals surface area contributed by atoms with E-state index in [1.54, 1.807) is 0 Å². The highest BCUT2D eigenvalue weighted by Gasteiger charge is 2.34. The molecule has 2 rings (SSSR count). The lowest BCUT2D eigenvalue weighted by Gasteiger charge is -2.40. The van der Waals surface area contributed by atoms with E-state index in [2.05, 4.69) is 58.5 Å². The molecule has 1 aliphatic heterocycles. The van der Waals surface area contributed by atoms with Gasteiger partial charge in [-0.1, -0.05) is 13.8 Å². The van der Waals surface area contributed by atoms with Crippen LogP contribution in [0.5, 0.6) is 0 Å². The summed E-state index contributed by atoms with van der Waals surface area (Å²) >= 11 is 5.36. The van der Waals surface area contributed by atoms with Crippen molar-refractivity contribution in [3.8, 4) is 0 Å². The molecule has 1 aromatic rings. The zero-order valence-corrected chi connectivity index (χ0v) is 15.7. The normalized spacial score (nSPS) is 23.1. The van der Waals surface area contributed by atoms with Gasteiger partial charge < -0.3 is 15.0 Å². The number of rotatable bonds is 7. The molecule has 120 valence electrons. The first-order valence-electron chi connectivity index (χ1n) is 7.72. The summed E-state index contributed by atoms with van der Waals surface area (Å²) in [6, 6.07) is 2.75. The molecule has 0 amide bonds. The molecule has 1 saturated heterocycles. The topological polar surface area (TPSA) is 24.5 Å². The zero-order valence-electron chi connectivity index (χ0n) is 13.3. The summed E-state index contributed by atoms with van der Waals surface area (Å²) in [5, 5.41) is 5.77. The number of thiophene rings is 1. The van der Waals surface area contributed by atoms with Crippen LogP contribution in [0.1, 0.15) is 31.6 Å². The maximum absolute atomic E-state index is 5.80. The SMILES string of the molecule is CC(C)NCC1(CN(C)Cc2cc(Br)cs2)CCCOC1. The van der Waals surface area contributed by atoms with E-state index in [0.29, 0.717) is 6.04 Å². The second kappa shape index (κ2) is 8.06. The molecule has 1 aliphatic rings. The first-order chi connectivity index (χ1) is 9.99. The van der Waals surface area contributed by atoms with Gasteiger partial charge in [0.1, 0.15) is 0 Å². The van der Waals surface area contributed by atoms with Gasteiger partial charge in [-0.3, -0.25) is 0 Å². The first kappa shape index (κ1) is 17.4. The molecule has 0 saturated carbocycles. The second-order valence-electron chi connectivity index (χ2n) is 6.60. The predicted octanol–water partition coefficient (Wildman–Crippen LogP) is 3.74. The van der Waals surface area contributed by atoms with Crippen molar-refractivity contribution in [3.63, 3.8) is 0 Å². The quantitative estimate of drug-likeness (QED) is 0.786. The number of hydrogen-bond acceptors (Lipinski definition) is 4. The van der Waals surface area contributed by atoms with Gasteiger partial charge in [0.25, 0.3) is 0 Å². The molecule has 1 N–H and O–H groups in total. The number of ether oxygens (including phenoxy) is 1. The molecule has 0 aliphatic carbocycles. The lowest BCUT2D eigenvalue weighted by atomic mass is 9.81. The Bertz CT molecular complexity index is 430. The third-order valence-corrected chi connectivity index (χ3v) is 5.62. The van der Waals surface area contributed by atoms with Gasteiger partial charge in [-0.2, -0.15) is 0 Å². The van der Waals surface area contributed by atoms with Crippen LogP contribution in [0.4, 0.5) is 0 Å². The Morgan fingerprint density at radius 1 is 1.52 bits per heavy atom. The van der Waals surface area contributed by atoms with Crippen LogP contribution in [0.2, 0.25) is 0 Å². The predicted molar refractivity (Wildman–Crippen MR) is 94.0 cm³/mol. The van der Waals surface area contributed by atoms with Gasteiger partial charge in [0.15, 0.2) is 0 Å². The summed E-state index contributed by atoms with van der Waals surface area (Å²) in [7, 11) is 2.22. The Hall–Kier alpha value is 0.0600. The van der Waals surface area contributed by atoms with E-state index in [1.165, 1.54) is 22.2 Å². The lowest BCUT2D eigenvalue weighted by Crippen LogP contribution is -2.49. The lowest BCUT2D eigenvalue weighted by molar-refractivity contribution is -0.0244. The van der Waals surface area contributed by atoms with Gasteiger partial charge in [0, 0.05) is 52.4 Å². The Balaban J connectivity index is 1.93. The van der Waals surface area contributed by atoms with E-state index in [9.17, 15) is 0 Å². The van der Waals surface area contributed by atoms with Crippen molar-refractivity contribution in [2.45, 2.75) is 39.3 Å². The van der Waals surface area contributed by atoms with Gasteiger partial charge in [-0.25, -0.2) is 0 Å². The summed E-state index contributed by atoms with van der Waals surface area (Å²) < 4.78 is 6.99. The van der Waals surface area contributed by atoms with Gasteiger partial charge in [-0.05, 0) is 41.9 Å². The van der Waals surface area contributed by atoms with Crippen molar-refractivity contribution in [1.29, 1.82) is 0 Å². The first-order valence-corrected chi connectivity index (χ1v) is 9.39. The van der Waals surface area contributed by atoms with E-state index < -0.39 is 0 Å². The zero-order chi connectivity index (χ0) is 15.3. The smallest absolute Gasteiger partial charge is 0.0546 e. The number of nitrogens with zero attached hydrogens (tertiary/aromatic N) is 1. The molecule has 0 bridgehead atoms. The fourth-order valence-electron chi connectivity index (χ4n) is 2.98. The van der Waals surface area contributed by atoms with Crippen LogP contribution in [-0.4, -0.2) is 44.3 Å². The molecule has 1 atom stereocenters. The van der Waals surface area contributed by atoms with Crippen molar-refractivity contribution >= 4 is 27.3 Å². The molecule has 0 radical (unpaired) electrons. The molecule has 0 aromatic carbocycles. The third-order valence-electron chi connectivity index (χ3n) is 3.94. The van der Waals surface area contributed by atoms with Crippen LogP contribution < -0.4 is 5.32 Å². The highest BCUT2D eigenvalue weighted by Crippen LogP contribution is 2.30. The number of halogens is 1. The van der Waals surface area contributed by atoms with Crippen LogP contribution >= 0.6 is 27.3 Å². The Labute approximate surface area is 141 Å². The maximum atomic E-state index is 5.80. The van der Waals surface area contributed by atoms with E-state index in [-0.39, 0.29) is 5.41 Å². The molecule has 1 aromatic heterocycles. The van der Waals surface area contributed by atoms with Crippen LogP contribution in [0.15, 0.2) is 15.9 Å². The Kier molecular flexibility index (Phi) is 6.69. The van der Waals surface area contributed by atoms with Crippen LogP contribution in [0, 0.1) is 5.41 Å². The van der Waals surface area contributed by atoms with Crippen molar-refractivity contribution in [2.24, 2.45) is 5.41 Å². The van der Waals surface area contributed by atoms with Crippen LogP contribution in [-0.2, 0) is 11.3 Å². The van der Waals surface area contributed by atoms with Crippen LogP contribution in [0.25, 0.3) is 0 Å².